The fraction of sp³-hybridized carbons (Fsp3) is 0.550. The van der Waals surface area contributed by atoms with Gasteiger partial charge in [0.25, 0.3) is 0 Å². The second-order valence-corrected chi connectivity index (χ2v) is 6.90. The lowest BCUT2D eigenvalue weighted by Crippen LogP contribution is -2.38. The Morgan fingerprint density at radius 3 is 2.93 bits per heavy atom. The SMILES string of the molecule is CN=C(NCCc1ccc(C)c(OC)c1)NCc1nnc2n1CCCCC2. The van der Waals surface area contributed by atoms with Crippen LogP contribution in [0.1, 0.15) is 42.0 Å². The third-order valence-electron chi connectivity index (χ3n) is 5.00. The monoisotopic (exact) mass is 370 g/mol. The summed E-state index contributed by atoms with van der Waals surface area (Å²) in [4.78, 5) is 4.31. The van der Waals surface area contributed by atoms with Gasteiger partial charge < -0.3 is 19.9 Å². The second-order valence-electron chi connectivity index (χ2n) is 6.90. The molecule has 1 aliphatic heterocycles. The van der Waals surface area contributed by atoms with E-state index < -0.39 is 0 Å². The van der Waals surface area contributed by atoms with Crippen LogP contribution in [0.3, 0.4) is 0 Å². The van der Waals surface area contributed by atoms with Gasteiger partial charge in [-0.1, -0.05) is 18.6 Å². The third-order valence-corrected chi connectivity index (χ3v) is 5.00. The van der Waals surface area contributed by atoms with Gasteiger partial charge in [0.1, 0.15) is 11.6 Å². The minimum atomic E-state index is 0.630. The number of aryl methyl sites for hydroxylation is 2. The number of fused-ring (bicyclic) bond motifs is 1. The van der Waals surface area contributed by atoms with Crippen molar-refractivity contribution in [2.45, 2.75) is 52.1 Å². The first kappa shape index (κ1) is 19.2. The van der Waals surface area contributed by atoms with E-state index in [0.29, 0.717) is 6.54 Å². The second kappa shape index (κ2) is 9.39. The summed E-state index contributed by atoms with van der Waals surface area (Å²) >= 11 is 0. The van der Waals surface area contributed by atoms with E-state index in [9.17, 15) is 0 Å². The molecule has 2 aromatic rings. The van der Waals surface area contributed by atoms with Gasteiger partial charge in [-0.05, 0) is 43.4 Å². The number of aliphatic imine (C=N–C) groups is 1. The molecule has 7 nitrogen and oxygen atoms in total. The summed E-state index contributed by atoms with van der Waals surface area (Å²) in [5.41, 5.74) is 2.39. The first-order chi connectivity index (χ1) is 13.2. The molecule has 146 valence electrons. The summed E-state index contributed by atoms with van der Waals surface area (Å²) in [6.45, 7) is 4.49. The summed E-state index contributed by atoms with van der Waals surface area (Å²) in [5.74, 6) is 3.81. The summed E-state index contributed by atoms with van der Waals surface area (Å²) in [5, 5.41) is 15.4. The minimum absolute atomic E-state index is 0.630. The number of aromatic nitrogens is 3. The maximum Gasteiger partial charge on any atom is 0.191 e. The molecule has 7 heteroatoms. The molecular weight excluding hydrogens is 340 g/mol. The molecule has 0 atom stereocenters. The van der Waals surface area contributed by atoms with Crippen molar-refractivity contribution in [3.63, 3.8) is 0 Å². The van der Waals surface area contributed by atoms with E-state index in [1.54, 1.807) is 14.2 Å². The van der Waals surface area contributed by atoms with Crippen LogP contribution in [0.15, 0.2) is 23.2 Å². The van der Waals surface area contributed by atoms with Crippen molar-refractivity contribution in [3.8, 4) is 5.75 Å². The average molecular weight is 371 g/mol. The van der Waals surface area contributed by atoms with E-state index >= 15 is 0 Å². The van der Waals surface area contributed by atoms with Crippen LogP contribution < -0.4 is 15.4 Å². The van der Waals surface area contributed by atoms with E-state index in [-0.39, 0.29) is 0 Å². The van der Waals surface area contributed by atoms with Crippen molar-refractivity contribution >= 4 is 5.96 Å². The van der Waals surface area contributed by atoms with Crippen LogP contribution in [0.4, 0.5) is 0 Å². The van der Waals surface area contributed by atoms with Crippen molar-refractivity contribution in [3.05, 3.63) is 41.0 Å². The van der Waals surface area contributed by atoms with Crippen LogP contribution in [-0.4, -0.2) is 41.4 Å². The van der Waals surface area contributed by atoms with E-state index in [4.69, 9.17) is 4.74 Å². The maximum atomic E-state index is 5.40. The number of methoxy groups -OCH3 is 1. The molecule has 0 bridgehead atoms. The van der Waals surface area contributed by atoms with Gasteiger partial charge in [0.05, 0.1) is 13.7 Å². The fourth-order valence-electron chi connectivity index (χ4n) is 3.40. The zero-order chi connectivity index (χ0) is 19.1. The lowest BCUT2D eigenvalue weighted by molar-refractivity contribution is 0.411. The van der Waals surface area contributed by atoms with Crippen LogP contribution in [0, 0.1) is 6.92 Å². The van der Waals surface area contributed by atoms with Crippen LogP contribution in [0.25, 0.3) is 0 Å². The summed E-state index contributed by atoms with van der Waals surface area (Å²) in [6, 6.07) is 6.33. The summed E-state index contributed by atoms with van der Waals surface area (Å²) < 4.78 is 7.65. The number of nitrogens with zero attached hydrogens (tertiary/aromatic N) is 4. The highest BCUT2D eigenvalue weighted by molar-refractivity contribution is 5.79. The number of nitrogens with one attached hydrogen (secondary N) is 2. The predicted molar refractivity (Wildman–Crippen MR) is 107 cm³/mol. The number of benzene rings is 1. The highest BCUT2D eigenvalue weighted by Gasteiger charge is 2.14. The minimum Gasteiger partial charge on any atom is -0.496 e. The smallest absolute Gasteiger partial charge is 0.191 e. The fourth-order valence-corrected chi connectivity index (χ4v) is 3.40. The molecule has 0 radical (unpaired) electrons. The molecule has 0 aliphatic carbocycles. The molecule has 0 spiro atoms. The molecule has 1 aliphatic rings. The lowest BCUT2D eigenvalue weighted by Gasteiger charge is -2.13. The van der Waals surface area contributed by atoms with Gasteiger partial charge in [-0.25, -0.2) is 0 Å². The number of guanidine groups is 1. The Morgan fingerprint density at radius 1 is 1.22 bits per heavy atom. The van der Waals surface area contributed by atoms with Crippen molar-refractivity contribution in [1.82, 2.24) is 25.4 Å². The predicted octanol–water partition coefficient (Wildman–Crippen LogP) is 2.23. The number of rotatable bonds is 6. The van der Waals surface area contributed by atoms with Crippen LogP contribution in [-0.2, 0) is 25.9 Å². The van der Waals surface area contributed by atoms with Gasteiger partial charge in [-0.15, -0.1) is 10.2 Å². The van der Waals surface area contributed by atoms with Gasteiger partial charge in [-0.3, -0.25) is 4.99 Å². The van der Waals surface area contributed by atoms with Gasteiger partial charge in [0.15, 0.2) is 11.8 Å². The topological polar surface area (TPSA) is 76.4 Å². The molecule has 27 heavy (non-hydrogen) atoms. The zero-order valence-electron chi connectivity index (χ0n) is 16.6. The van der Waals surface area contributed by atoms with Gasteiger partial charge in [0.2, 0.25) is 0 Å². The van der Waals surface area contributed by atoms with Gasteiger partial charge in [0, 0.05) is 26.6 Å². The first-order valence-corrected chi connectivity index (χ1v) is 9.70. The Morgan fingerprint density at radius 2 is 2.11 bits per heavy atom. The van der Waals surface area contributed by atoms with Crippen molar-refractivity contribution in [2.24, 2.45) is 4.99 Å². The Labute approximate surface area is 161 Å². The third kappa shape index (κ3) is 4.99. The van der Waals surface area contributed by atoms with Crippen LogP contribution in [0.2, 0.25) is 0 Å². The Hall–Kier alpha value is -2.57. The number of ether oxygens (including phenoxy) is 1. The standard InChI is InChI=1S/C20H30N6O/c1-15-8-9-16(13-17(15)27-3)10-11-22-20(21-2)23-14-19-25-24-18-7-5-4-6-12-26(18)19/h8-9,13H,4-7,10-12,14H2,1-3H3,(H2,21,22,23). The van der Waals surface area contributed by atoms with E-state index in [0.717, 1.165) is 54.9 Å². The average Bonchev–Trinajstić information content (AvgIpc) is 2.92. The maximum absolute atomic E-state index is 5.40. The molecule has 0 unspecified atom stereocenters. The highest BCUT2D eigenvalue weighted by Crippen LogP contribution is 2.19. The first-order valence-electron chi connectivity index (χ1n) is 9.70. The number of hydrogen-bond donors (Lipinski definition) is 2. The van der Waals surface area contributed by atoms with Gasteiger partial charge in [-0.2, -0.15) is 0 Å². The molecule has 1 aromatic carbocycles. The quantitative estimate of drug-likeness (QED) is 0.602. The summed E-state index contributed by atoms with van der Waals surface area (Å²) in [6.07, 6.45) is 5.60. The van der Waals surface area contributed by atoms with E-state index in [1.807, 2.05) is 0 Å². The van der Waals surface area contributed by atoms with E-state index in [2.05, 4.69) is 55.5 Å². The van der Waals surface area contributed by atoms with E-state index in [1.165, 1.54) is 24.8 Å². The summed E-state index contributed by atoms with van der Waals surface area (Å²) in [7, 11) is 3.50. The molecule has 3 rings (SSSR count). The highest BCUT2D eigenvalue weighted by atomic mass is 16.5. The largest absolute Gasteiger partial charge is 0.496 e. The van der Waals surface area contributed by atoms with Crippen LogP contribution in [0.5, 0.6) is 5.75 Å². The van der Waals surface area contributed by atoms with Crippen molar-refractivity contribution < 1.29 is 4.74 Å². The van der Waals surface area contributed by atoms with Gasteiger partial charge >= 0.3 is 0 Å². The van der Waals surface area contributed by atoms with Crippen molar-refractivity contribution in [1.29, 1.82) is 0 Å². The molecule has 2 N–H and O–H groups in total. The molecule has 0 amide bonds. The number of hydrogen-bond acceptors (Lipinski definition) is 4. The van der Waals surface area contributed by atoms with Crippen molar-refractivity contribution in [2.75, 3.05) is 20.7 Å². The molecule has 0 saturated carbocycles. The normalized spacial score (nSPS) is 14.4. The molecule has 1 aromatic heterocycles. The lowest BCUT2D eigenvalue weighted by atomic mass is 10.1. The molecule has 2 heterocycles. The molecular formula is C20H30N6O. The molecule has 0 saturated heterocycles. The Bertz CT molecular complexity index is 783. The Balaban J connectivity index is 1.49. The molecule has 0 fully saturated rings. The van der Waals surface area contributed by atoms with Crippen LogP contribution >= 0.6 is 0 Å². The zero-order valence-corrected chi connectivity index (χ0v) is 16.6. The Kier molecular flexibility index (Phi) is 6.68.